The number of methoxy groups -OCH3 is 1. The molecule has 0 unspecified atom stereocenters. The van der Waals surface area contributed by atoms with E-state index in [1.54, 1.807) is 19.5 Å². The molecule has 0 aliphatic heterocycles. The highest BCUT2D eigenvalue weighted by molar-refractivity contribution is 5.69. The van der Waals surface area contributed by atoms with Crippen LogP contribution in [-0.4, -0.2) is 17.1 Å². The van der Waals surface area contributed by atoms with E-state index in [0.29, 0.717) is 6.54 Å². The summed E-state index contributed by atoms with van der Waals surface area (Å²) in [7, 11) is 1.65. The molecule has 2 rings (SSSR count). The van der Waals surface area contributed by atoms with Gasteiger partial charge in [-0.05, 0) is 19.1 Å². The van der Waals surface area contributed by atoms with Gasteiger partial charge in [-0.2, -0.15) is 0 Å². The SMILES string of the molecule is COc1ccc(C)cc1-c1nccnc1CN. The Morgan fingerprint density at radius 2 is 2.00 bits per heavy atom. The van der Waals surface area contributed by atoms with E-state index in [1.807, 2.05) is 25.1 Å². The third-order valence-electron chi connectivity index (χ3n) is 2.58. The van der Waals surface area contributed by atoms with Crippen molar-refractivity contribution in [1.29, 1.82) is 0 Å². The molecule has 2 N–H and O–H groups in total. The fourth-order valence-electron chi connectivity index (χ4n) is 1.75. The lowest BCUT2D eigenvalue weighted by Crippen LogP contribution is -2.04. The second-order valence-corrected chi connectivity index (χ2v) is 3.76. The van der Waals surface area contributed by atoms with Crippen LogP contribution in [0, 0.1) is 6.92 Å². The predicted molar refractivity (Wildman–Crippen MR) is 66.6 cm³/mol. The molecule has 2 aromatic rings. The first-order valence-electron chi connectivity index (χ1n) is 5.41. The summed E-state index contributed by atoms with van der Waals surface area (Å²) < 4.78 is 5.35. The van der Waals surface area contributed by atoms with Crippen LogP contribution in [0.3, 0.4) is 0 Å². The molecule has 1 aromatic heterocycles. The number of benzene rings is 1. The van der Waals surface area contributed by atoms with E-state index in [-0.39, 0.29) is 0 Å². The summed E-state index contributed by atoms with van der Waals surface area (Å²) in [4.78, 5) is 8.58. The van der Waals surface area contributed by atoms with Crippen molar-refractivity contribution in [3.63, 3.8) is 0 Å². The van der Waals surface area contributed by atoms with Crippen LogP contribution >= 0.6 is 0 Å². The number of aromatic nitrogens is 2. The summed E-state index contributed by atoms with van der Waals surface area (Å²) >= 11 is 0. The van der Waals surface area contributed by atoms with Gasteiger partial charge in [0.05, 0.1) is 18.5 Å². The van der Waals surface area contributed by atoms with Crippen molar-refractivity contribution in [2.45, 2.75) is 13.5 Å². The minimum Gasteiger partial charge on any atom is -0.496 e. The first kappa shape index (κ1) is 11.5. The molecule has 0 saturated carbocycles. The molecule has 0 atom stereocenters. The molecule has 0 bridgehead atoms. The zero-order valence-corrected chi connectivity index (χ0v) is 9.97. The smallest absolute Gasteiger partial charge is 0.128 e. The molecule has 1 heterocycles. The maximum Gasteiger partial charge on any atom is 0.128 e. The third-order valence-corrected chi connectivity index (χ3v) is 2.58. The molecular formula is C13H15N3O. The van der Waals surface area contributed by atoms with E-state index >= 15 is 0 Å². The summed E-state index contributed by atoms with van der Waals surface area (Å²) in [5.74, 6) is 0.783. The zero-order valence-electron chi connectivity index (χ0n) is 9.97. The minimum absolute atomic E-state index is 0.361. The fraction of sp³-hybridized carbons (Fsp3) is 0.231. The number of aryl methyl sites for hydroxylation is 1. The molecular weight excluding hydrogens is 214 g/mol. The Balaban J connectivity index is 2.62. The van der Waals surface area contributed by atoms with Gasteiger partial charge in [0.1, 0.15) is 5.75 Å². The van der Waals surface area contributed by atoms with Crippen LogP contribution < -0.4 is 10.5 Å². The molecule has 0 spiro atoms. The topological polar surface area (TPSA) is 61.0 Å². The van der Waals surface area contributed by atoms with Crippen LogP contribution in [0.1, 0.15) is 11.3 Å². The standard InChI is InChI=1S/C13H15N3O/c1-9-3-4-12(17-2)10(7-9)13-11(8-14)15-5-6-16-13/h3-7H,8,14H2,1-2H3. The number of ether oxygens (including phenoxy) is 1. The van der Waals surface area contributed by atoms with Gasteiger partial charge in [-0.1, -0.05) is 11.6 Å². The lowest BCUT2D eigenvalue weighted by Gasteiger charge is -2.11. The van der Waals surface area contributed by atoms with E-state index < -0.39 is 0 Å². The Hall–Kier alpha value is -1.94. The second kappa shape index (κ2) is 4.93. The van der Waals surface area contributed by atoms with Crippen molar-refractivity contribution >= 4 is 0 Å². The lowest BCUT2D eigenvalue weighted by atomic mass is 10.1. The van der Waals surface area contributed by atoms with E-state index in [0.717, 1.165) is 28.3 Å². The van der Waals surface area contributed by atoms with E-state index in [2.05, 4.69) is 9.97 Å². The highest BCUT2D eigenvalue weighted by Crippen LogP contribution is 2.30. The summed E-state index contributed by atoms with van der Waals surface area (Å²) in [6, 6.07) is 5.96. The molecule has 0 saturated heterocycles. The highest BCUT2D eigenvalue weighted by atomic mass is 16.5. The number of hydrogen-bond donors (Lipinski definition) is 1. The van der Waals surface area contributed by atoms with Crippen LogP contribution in [0.25, 0.3) is 11.3 Å². The van der Waals surface area contributed by atoms with Gasteiger partial charge < -0.3 is 10.5 Å². The van der Waals surface area contributed by atoms with Crippen LogP contribution in [-0.2, 0) is 6.54 Å². The molecule has 0 amide bonds. The molecule has 0 aliphatic rings. The van der Waals surface area contributed by atoms with Crippen LogP contribution in [0.15, 0.2) is 30.6 Å². The molecule has 1 aromatic carbocycles. The van der Waals surface area contributed by atoms with Crippen LogP contribution in [0.2, 0.25) is 0 Å². The molecule has 17 heavy (non-hydrogen) atoms. The van der Waals surface area contributed by atoms with E-state index in [9.17, 15) is 0 Å². The summed E-state index contributed by atoms with van der Waals surface area (Å²) in [5.41, 5.74) is 9.32. The van der Waals surface area contributed by atoms with E-state index in [1.165, 1.54) is 0 Å². The van der Waals surface area contributed by atoms with Crippen LogP contribution in [0.4, 0.5) is 0 Å². The van der Waals surface area contributed by atoms with Gasteiger partial charge in [-0.25, -0.2) is 0 Å². The number of rotatable bonds is 3. The Labute approximate surface area is 100 Å². The molecule has 0 radical (unpaired) electrons. The highest BCUT2D eigenvalue weighted by Gasteiger charge is 2.11. The molecule has 88 valence electrons. The summed E-state index contributed by atoms with van der Waals surface area (Å²) in [5, 5.41) is 0. The van der Waals surface area contributed by atoms with Crippen molar-refractivity contribution in [3.8, 4) is 17.0 Å². The van der Waals surface area contributed by atoms with Crippen molar-refractivity contribution in [1.82, 2.24) is 9.97 Å². The molecule has 0 fully saturated rings. The zero-order chi connectivity index (χ0) is 12.3. The Morgan fingerprint density at radius 3 is 2.71 bits per heavy atom. The normalized spacial score (nSPS) is 10.3. The van der Waals surface area contributed by atoms with Gasteiger partial charge in [-0.3, -0.25) is 9.97 Å². The maximum absolute atomic E-state index is 5.67. The lowest BCUT2D eigenvalue weighted by molar-refractivity contribution is 0.416. The predicted octanol–water partition coefficient (Wildman–Crippen LogP) is 1.92. The number of nitrogens with zero attached hydrogens (tertiary/aromatic N) is 2. The summed E-state index contributed by atoms with van der Waals surface area (Å²) in [6.07, 6.45) is 3.31. The fourth-order valence-corrected chi connectivity index (χ4v) is 1.75. The van der Waals surface area contributed by atoms with Gasteiger partial charge in [0.15, 0.2) is 0 Å². The first-order chi connectivity index (χ1) is 8.26. The number of nitrogens with two attached hydrogens (primary N) is 1. The average Bonchev–Trinajstić information content (AvgIpc) is 2.38. The van der Waals surface area contributed by atoms with Gasteiger partial charge in [0.2, 0.25) is 0 Å². The first-order valence-corrected chi connectivity index (χ1v) is 5.41. The van der Waals surface area contributed by atoms with Crippen molar-refractivity contribution in [2.24, 2.45) is 5.73 Å². The molecule has 4 nitrogen and oxygen atoms in total. The van der Waals surface area contributed by atoms with Crippen molar-refractivity contribution in [2.75, 3.05) is 7.11 Å². The Kier molecular flexibility index (Phi) is 3.35. The second-order valence-electron chi connectivity index (χ2n) is 3.76. The number of hydrogen-bond acceptors (Lipinski definition) is 4. The third kappa shape index (κ3) is 2.26. The summed E-state index contributed by atoms with van der Waals surface area (Å²) in [6.45, 7) is 2.39. The Bertz CT molecular complexity index is 526. The van der Waals surface area contributed by atoms with Crippen molar-refractivity contribution < 1.29 is 4.74 Å². The minimum atomic E-state index is 0.361. The molecule has 4 heteroatoms. The monoisotopic (exact) mass is 229 g/mol. The van der Waals surface area contributed by atoms with Crippen LogP contribution in [0.5, 0.6) is 5.75 Å². The van der Waals surface area contributed by atoms with Gasteiger partial charge in [0.25, 0.3) is 0 Å². The van der Waals surface area contributed by atoms with Crippen molar-refractivity contribution in [3.05, 3.63) is 41.9 Å². The average molecular weight is 229 g/mol. The van der Waals surface area contributed by atoms with Gasteiger partial charge in [-0.15, -0.1) is 0 Å². The van der Waals surface area contributed by atoms with Gasteiger partial charge in [0, 0.05) is 24.5 Å². The quantitative estimate of drug-likeness (QED) is 0.873. The Morgan fingerprint density at radius 1 is 1.24 bits per heavy atom. The van der Waals surface area contributed by atoms with Gasteiger partial charge >= 0.3 is 0 Å². The molecule has 0 aliphatic carbocycles. The van der Waals surface area contributed by atoms with E-state index in [4.69, 9.17) is 10.5 Å². The largest absolute Gasteiger partial charge is 0.496 e. The maximum atomic E-state index is 5.67.